The lowest BCUT2D eigenvalue weighted by Crippen LogP contribution is -2.07. The van der Waals surface area contributed by atoms with E-state index >= 15 is 0 Å². The Hall–Kier alpha value is -1.21. The van der Waals surface area contributed by atoms with E-state index in [1.165, 1.54) is 54.9 Å². The highest BCUT2D eigenvalue weighted by molar-refractivity contribution is 6.21. The van der Waals surface area contributed by atoms with E-state index in [0.29, 0.717) is 5.92 Å². The van der Waals surface area contributed by atoms with Gasteiger partial charge in [0.15, 0.2) is 0 Å². The summed E-state index contributed by atoms with van der Waals surface area (Å²) in [4.78, 5) is 0. The van der Waals surface area contributed by atoms with Gasteiger partial charge >= 0.3 is 0 Å². The van der Waals surface area contributed by atoms with Crippen LogP contribution in [0.4, 0.5) is 0 Å². The molecule has 2 aromatic rings. The van der Waals surface area contributed by atoms with Crippen LogP contribution < -0.4 is 4.74 Å². The highest BCUT2D eigenvalue weighted by atomic mass is 35.5. The number of ether oxygens (including phenoxy) is 1. The van der Waals surface area contributed by atoms with Crippen molar-refractivity contribution in [2.24, 2.45) is 5.92 Å². The van der Waals surface area contributed by atoms with Crippen molar-refractivity contribution < 1.29 is 4.74 Å². The Morgan fingerprint density at radius 1 is 0.952 bits per heavy atom. The standard InChI is InChI=1S/C19H23ClO/c1-21-18-11-10-15-12-17(9-8-16(15)13-18)19(20)14-6-4-2-3-5-7-14/h8-14,19H,2-7H2,1H3. The minimum atomic E-state index is 0.148. The van der Waals surface area contributed by atoms with Crippen molar-refractivity contribution in [3.63, 3.8) is 0 Å². The predicted molar refractivity (Wildman–Crippen MR) is 90.3 cm³/mol. The molecule has 0 aliphatic heterocycles. The third-order valence-corrected chi connectivity index (χ3v) is 5.31. The second-order valence-corrected chi connectivity index (χ2v) is 6.60. The molecule has 0 heterocycles. The average Bonchev–Trinajstić information content (AvgIpc) is 2.82. The van der Waals surface area contributed by atoms with Crippen molar-refractivity contribution in [2.45, 2.75) is 43.9 Å². The maximum absolute atomic E-state index is 6.79. The Balaban J connectivity index is 1.85. The minimum absolute atomic E-state index is 0.148. The molecule has 0 aromatic heterocycles. The van der Waals surface area contributed by atoms with Gasteiger partial charge in [-0.3, -0.25) is 0 Å². The molecule has 3 rings (SSSR count). The molecule has 0 radical (unpaired) electrons. The third kappa shape index (κ3) is 3.35. The summed E-state index contributed by atoms with van der Waals surface area (Å²) in [5.74, 6) is 1.53. The van der Waals surface area contributed by atoms with Crippen LogP contribution in [-0.2, 0) is 0 Å². The third-order valence-electron chi connectivity index (χ3n) is 4.70. The van der Waals surface area contributed by atoms with Crippen LogP contribution in [0.1, 0.15) is 49.5 Å². The predicted octanol–water partition coefficient (Wildman–Crippen LogP) is 6.10. The number of fused-ring (bicyclic) bond motifs is 1. The molecule has 0 N–H and O–H groups in total. The van der Waals surface area contributed by atoms with Crippen molar-refractivity contribution >= 4 is 22.4 Å². The molecule has 2 heteroatoms. The van der Waals surface area contributed by atoms with E-state index in [0.717, 1.165) is 5.75 Å². The number of methoxy groups -OCH3 is 1. The van der Waals surface area contributed by atoms with Gasteiger partial charge < -0.3 is 4.74 Å². The van der Waals surface area contributed by atoms with Crippen molar-refractivity contribution in [3.8, 4) is 5.75 Å². The van der Waals surface area contributed by atoms with E-state index < -0.39 is 0 Å². The summed E-state index contributed by atoms with van der Waals surface area (Å²) in [5, 5.41) is 2.60. The number of alkyl halides is 1. The van der Waals surface area contributed by atoms with Gasteiger partial charge in [-0.15, -0.1) is 11.6 Å². The summed E-state index contributed by atoms with van der Waals surface area (Å²) < 4.78 is 5.28. The second-order valence-electron chi connectivity index (χ2n) is 6.13. The minimum Gasteiger partial charge on any atom is -0.497 e. The molecule has 1 atom stereocenters. The molecule has 0 saturated heterocycles. The Labute approximate surface area is 132 Å². The van der Waals surface area contributed by atoms with Crippen LogP contribution >= 0.6 is 11.6 Å². The van der Waals surface area contributed by atoms with E-state index in [9.17, 15) is 0 Å². The monoisotopic (exact) mass is 302 g/mol. The first-order valence-electron chi connectivity index (χ1n) is 8.00. The first kappa shape index (κ1) is 14.7. The van der Waals surface area contributed by atoms with Crippen LogP contribution in [0, 0.1) is 5.92 Å². The fourth-order valence-electron chi connectivity index (χ4n) is 3.42. The number of hydrogen-bond acceptors (Lipinski definition) is 1. The largest absolute Gasteiger partial charge is 0.497 e. The SMILES string of the molecule is COc1ccc2cc(C(Cl)C3CCCCCC3)ccc2c1. The molecule has 1 nitrogen and oxygen atoms in total. The van der Waals surface area contributed by atoms with Crippen LogP contribution in [-0.4, -0.2) is 7.11 Å². The van der Waals surface area contributed by atoms with Crippen LogP contribution in [0.3, 0.4) is 0 Å². The van der Waals surface area contributed by atoms with Gasteiger partial charge in [0.05, 0.1) is 12.5 Å². The molecule has 0 bridgehead atoms. The molecule has 0 amide bonds. The maximum Gasteiger partial charge on any atom is 0.119 e. The number of hydrogen-bond donors (Lipinski definition) is 0. The lowest BCUT2D eigenvalue weighted by Gasteiger charge is -2.21. The molecule has 112 valence electrons. The Bertz CT molecular complexity index is 600. The first-order valence-corrected chi connectivity index (χ1v) is 8.43. The van der Waals surface area contributed by atoms with Gasteiger partial charge in [0.25, 0.3) is 0 Å². The summed E-state index contributed by atoms with van der Waals surface area (Å²) in [5.41, 5.74) is 1.27. The molecule has 1 aliphatic rings. The van der Waals surface area contributed by atoms with E-state index in [1.807, 2.05) is 6.07 Å². The van der Waals surface area contributed by atoms with E-state index in [1.54, 1.807) is 7.11 Å². The van der Waals surface area contributed by atoms with Crippen molar-refractivity contribution in [1.82, 2.24) is 0 Å². The summed E-state index contributed by atoms with van der Waals surface area (Å²) >= 11 is 6.79. The number of benzene rings is 2. The molecule has 0 spiro atoms. The zero-order valence-electron chi connectivity index (χ0n) is 12.6. The van der Waals surface area contributed by atoms with Crippen molar-refractivity contribution in [3.05, 3.63) is 42.0 Å². The van der Waals surface area contributed by atoms with E-state index in [2.05, 4.69) is 30.3 Å². The summed E-state index contributed by atoms with van der Waals surface area (Å²) in [6, 6.07) is 12.8. The molecule has 1 saturated carbocycles. The number of rotatable bonds is 3. The molecular weight excluding hydrogens is 280 g/mol. The van der Waals surface area contributed by atoms with Gasteiger partial charge in [-0.25, -0.2) is 0 Å². The zero-order valence-corrected chi connectivity index (χ0v) is 13.4. The molecular formula is C19H23ClO. The van der Waals surface area contributed by atoms with Crippen LogP contribution in [0.15, 0.2) is 36.4 Å². The molecule has 1 fully saturated rings. The van der Waals surface area contributed by atoms with Gasteiger partial charge in [-0.05, 0) is 53.3 Å². The highest BCUT2D eigenvalue weighted by Crippen LogP contribution is 2.38. The summed E-state index contributed by atoms with van der Waals surface area (Å²) in [7, 11) is 1.70. The molecule has 21 heavy (non-hydrogen) atoms. The smallest absolute Gasteiger partial charge is 0.119 e. The fraction of sp³-hybridized carbons (Fsp3) is 0.474. The molecule has 1 unspecified atom stereocenters. The van der Waals surface area contributed by atoms with E-state index in [4.69, 9.17) is 16.3 Å². The molecule has 1 aliphatic carbocycles. The van der Waals surface area contributed by atoms with Crippen LogP contribution in [0.25, 0.3) is 10.8 Å². The lowest BCUT2D eigenvalue weighted by atomic mass is 9.91. The maximum atomic E-state index is 6.79. The summed E-state index contributed by atoms with van der Waals surface area (Å²) in [6.07, 6.45) is 7.95. The van der Waals surface area contributed by atoms with Crippen LogP contribution in [0.2, 0.25) is 0 Å². The Morgan fingerprint density at radius 3 is 2.33 bits per heavy atom. The first-order chi connectivity index (χ1) is 10.3. The quantitative estimate of drug-likeness (QED) is 0.492. The highest BCUT2D eigenvalue weighted by Gasteiger charge is 2.22. The second kappa shape index (κ2) is 6.70. The van der Waals surface area contributed by atoms with Gasteiger partial charge in [0.1, 0.15) is 5.75 Å². The number of halogens is 1. The van der Waals surface area contributed by atoms with Gasteiger partial charge in [-0.2, -0.15) is 0 Å². The average molecular weight is 303 g/mol. The van der Waals surface area contributed by atoms with Crippen LogP contribution in [0.5, 0.6) is 5.75 Å². The zero-order chi connectivity index (χ0) is 14.7. The van der Waals surface area contributed by atoms with Gasteiger partial charge in [0.2, 0.25) is 0 Å². The Morgan fingerprint density at radius 2 is 1.62 bits per heavy atom. The van der Waals surface area contributed by atoms with Crippen molar-refractivity contribution in [2.75, 3.05) is 7.11 Å². The molecule has 2 aromatic carbocycles. The fourth-order valence-corrected chi connectivity index (χ4v) is 3.80. The normalized spacial score (nSPS) is 18.4. The lowest BCUT2D eigenvalue weighted by molar-refractivity contribution is 0.415. The Kier molecular flexibility index (Phi) is 4.70. The topological polar surface area (TPSA) is 9.23 Å². The van der Waals surface area contributed by atoms with Gasteiger partial charge in [-0.1, -0.05) is 43.9 Å². The van der Waals surface area contributed by atoms with Crippen molar-refractivity contribution in [1.29, 1.82) is 0 Å². The van der Waals surface area contributed by atoms with E-state index in [-0.39, 0.29) is 5.38 Å². The summed E-state index contributed by atoms with van der Waals surface area (Å²) in [6.45, 7) is 0. The van der Waals surface area contributed by atoms with Gasteiger partial charge in [0, 0.05) is 0 Å².